The van der Waals surface area contributed by atoms with Crippen molar-refractivity contribution in [3.8, 4) is 11.5 Å². The number of benzene rings is 2. The van der Waals surface area contributed by atoms with Crippen LogP contribution < -0.4 is 25.9 Å². The fraction of sp³-hybridized carbons (Fsp3) is 0.273. The Labute approximate surface area is 190 Å². The first kappa shape index (κ1) is 24.7. The first-order valence-corrected chi connectivity index (χ1v) is 10.1. The molecule has 0 saturated carbocycles. The van der Waals surface area contributed by atoms with Gasteiger partial charge >= 0.3 is 0 Å². The van der Waals surface area contributed by atoms with Crippen molar-refractivity contribution in [2.75, 3.05) is 13.7 Å². The van der Waals surface area contributed by atoms with Gasteiger partial charge in [0.05, 0.1) is 23.9 Å². The molecule has 0 spiro atoms. The smallest absolute Gasteiger partial charge is 0.262 e. The standard InChI is InChI=1S/C22H25ClN4O5/c1-13(2)19(26-21(29)15-8-4-5-9-16(15)23)22(30)27-25-11-14-7-6-10-17(31-3)20(14)32-12-18(24)28/h4-11,13,19H,12H2,1-3H3,(H2,24,28)(H,26,29)(H,27,30)/b25-11+. The summed E-state index contributed by atoms with van der Waals surface area (Å²) in [4.78, 5) is 36.3. The van der Waals surface area contributed by atoms with Crippen LogP contribution in [0.25, 0.3) is 0 Å². The topological polar surface area (TPSA) is 132 Å². The fourth-order valence-electron chi connectivity index (χ4n) is 2.73. The van der Waals surface area contributed by atoms with Crippen molar-refractivity contribution >= 4 is 35.5 Å². The van der Waals surface area contributed by atoms with Crippen LogP contribution in [0.2, 0.25) is 5.02 Å². The molecule has 170 valence electrons. The summed E-state index contributed by atoms with van der Waals surface area (Å²) in [5.74, 6) is -1.24. The number of rotatable bonds is 10. The number of para-hydroxylation sites is 1. The molecule has 0 aliphatic rings. The zero-order chi connectivity index (χ0) is 23.7. The largest absolute Gasteiger partial charge is 0.493 e. The number of halogens is 1. The van der Waals surface area contributed by atoms with E-state index in [0.717, 1.165) is 0 Å². The third kappa shape index (κ3) is 6.71. The zero-order valence-corrected chi connectivity index (χ0v) is 18.7. The van der Waals surface area contributed by atoms with Gasteiger partial charge in [-0.05, 0) is 30.2 Å². The highest BCUT2D eigenvalue weighted by atomic mass is 35.5. The molecule has 2 rings (SSSR count). The number of hydrazone groups is 1. The molecule has 2 aromatic rings. The molecule has 2 aromatic carbocycles. The molecule has 0 radical (unpaired) electrons. The van der Waals surface area contributed by atoms with Crippen LogP contribution in [0.1, 0.15) is 29.8 Å². The van der Waals surface area contributed by atoms with Crippen molar-refractivity contribution < 1.29 is 23.9 Å². The molecule has 1 unspecified atom stereocenters. The number of carbonyl (C=O) groups is 3. The molecule has 10 heteroatoms. The number of carbonyl (C=O) groups excluding carboxylic acids is 3. The van der Waals surface area contributed by atoms with Crippen LogP contribution in [0.4, 0.5) is 0 Å². The Morgan fingerprint density at radius 2 is 1.88 bits per heavy atom. The van der Waals surface area contributed by atoms with Gasteiger partial charge in [0.15, 0.2) is 18.1 Å². The minimum atomic E-state index is -0.855. The average Bonchev–Trinajstić information content (AvgIpc) is 2.75. The van der Waals surface area contributed by atoms with Crippen molar-refractivity contribution in [3.63, 3.8) is 0 Å². The van der Waals surface area contributed by atoms with E-state index in [0.29, 0.717) is 11.3 Å². The van der Waals surface area contributed by atoms with Crippen molar-refractivity contribution in [2.24, 2.45) is 16.8 Å². The summed E-state index contributed by atoms with van der Waals surface area (Å²) >= 11 is 6.06. The summed E-state index contributed by atoms with van der Waals surface area (Å²) in [7, 11) is 1.45. The van der Waals surface area contributed by atoms with E-state index in [1.807, 2.05) is 0 Å². The SMILES string of the molecule is COc1cccc(/C=N/NC(=O)C(NC(=O)c2ccccc2Cl)C(C)C)c1OCC(N)=O. The Hall–Kier alpha value is -3.59. The predicted octanol–water partition coefficient (Wildman–Crippen LogP) is 2.12. The van der Waals surface area contributed by atoms with Gasteiger partial charge in [0.2, 0.25) is 0 Å². The van der Waals surface area contributed by atoms with E-state index < -0.39 is 23.8 Å². The minimum Gasteiger partial charge on any atom is -0.493 e. The van der Waals surface area contributed by atoms with Crippen LogP contribution in [0.5, 0.6) is 11.5 Å². The highest BCUT2D eigenvalue weighted by Crippen LogP contribution is 2.30. The number of nitrogens with one attached hydrogen (secondary N) is 2. The number of primary amides is 1. The first-order valence-electron chi connectivity index (χ1n) is 9.71. The van der Waals surface area contributed by atoms with Gasteiger partial charge in [-0.3, -0.25) is 14.4 Å². The summed E-state index contributed by atoms with van der Waals surface area (Å²) in [6.07, 6.45) is 1.34. The third-order valence-corrected chi connectivity index (χ3v) is 4.65. The molecule has 1 atom stereocenters. The maximum absolute atomic E-state index is 12.7. The van der Waals surface area contributed by atoms with Gasteiger partial charge in [-0.1, -0.05) is 43.6 Å². The molecule has 9 nitrogen and oxygen atoms in total. The van der Waals surface area contributed by atoms with Gasteiger partial charge in [-0.15, -0.1) is 0 Å². The number of amides is 3. The number of hydrogen-bond donors (Lipinski definition) is 3. The number of ether oxygens (including phenoxy) is 2. The van der Waals surface area contributed by atoms with Crippen LogP contribution in [0, 0.1) is 5.92 Å². The summed E-state index contributed by atoms with van der Waals surface area (Å²) in [6, 6.07) is 10.7. The van der Waals surface area contributed by atoms with Crippen molar-refractivity contribution in [1.29, 1.82) is 0 Å². The molecule has 0 aromatic heterocycles. The summed E-state index contributed by atoms with van der Waals surface area (Å²) < 4.78 is 10.6. The molecule has 0 aliphatic heterocycles. The van der Waals surface area contributed by atoms with Crippen LogP contribution in [-0.2, 0) is 9.59 Å². The zero-order valence-electron chi connectivity index (χ0n) is 17.9. The van der Waals surface area contributed by atoms with Gasteiger partial charge in [0.25, 0.3) is 17.7 Å². The monoisotopic (exact) mass is 460 g/mol. The van der Waals surface area contributed by atoms with Crippen LogP contribution in [0.3, 0.4) is 0 Å². The Bertz CT molecular complexity index is 1010. The second kappa shape index (κ2) is 11.7. The van der Waals surface area contributed by atoms with Crippen LogP contribution in [-0.4, -0.2) is 43.7 Å². The second-order valence-electron chi connectivity index (χ2n) is 7.04. The highest BCUT2D eigenvalue weighted by Gasteiger charge is 2.25. The lowest BCUT2D eigenvalue weighted by atomic mass is 10.0. The van der Waals surface area contributed by atoms with E-state index >= 15 is 0 Å². The third-order valence-electron chi connectivity index (χ3n) is 4.32. The molecule has 0 heterocycles. The van der Waals surface area contributed by atoms with E-state index in [-0.39, 0.29) is 28.9 Å². The number of nitrogens with zero attached hydrogens (tertiary/aromatic N) is 1. The van der Waals surface area contributed by atoms with Crippen molar-refractivity contribution in [1.82, 2.24) is 10.7 Å². The molecule has 0 fully saturated rings. The van der Waals surface area contributed by atoms with E-state index in [1.54, 1.807) is 56.3 Å². The maximum Gasteiger partial charge on any atom is 0.262 e. The molecule has 3 amide bonds. The first-order chi connectivity index (χ1) is 15.2. The quantitative estimate of drug-likeness (QED) is 0.369. The molecule has 4 N–H and O–H groups in total. The lowest BCUT2D eigenvalue weighted by Crippen LogP contribution is -2.48. The average molecular weight is 461 g/mol. The molecule has 32 heavy (non-hydrogen) atoms. The predicted molar refractivity (Wildman–Crippen MR) is 121 cm³/mol. The second-order valence-corrected chi connectivity index (χ2v) is 7.45. The molecule has 0 saturated heterocycles. The highest BCUT2D eigenvalue weighted by molar-refractivity contribution is 6.33. The molecular weight excluding hydrogens is 436 g/mol. The van der Waals surface area contributed by atoms with Crippen molar-refractivity contribution in [3.05, 3.63) is 58.6 Å². The molecular formula is C22H25ClN4O5. The maximum atomic E-state index is 12.7. The fourth-order valence-corrected chi connectivity index (χ4v) is 2.95. The van der Waals surface area contributed by atoms with E-state index in [1.165, 1.54) is 13.3 Å². The molecule has 0 bridgehead atoms. The van der Waals surface area contributed by atoms with Gasteiger partial charge in [0, 0.05) is 5.56 Å². The summed E-state index contributed by atoms with van der Waals surface area (Å²) in [5, 5.41) is 6.92. The van der Waals surface area contributed by atoms with Crippen LogP contribution >= 0.6 is 11.6 Å². The van der Waals surface area contributed by atoms with Gasteiger partial charge < -0.3 is 20.5 Å². The Morgan fingerprint density at radius 1 is 1.16 bits per heavy atom. The summed E-state index contributed by atoms with van der Waals surface area (Å²) in [6.45, 7) is 3.23. The lowest BCUT2D eigenvalue weighted by Gasteiger charge is -2.20. The van der Waals surface area contributed by atoms with Crippen LogP contribution in [0.15, 0.2) is 47.6 Å². The van der Waals surface area contributed by atoms with E-state index in [4.69, 9.17) is 26.8 Å². The Kier molecular flexibility index (Phi) is 9.03. The van der Waals surface area contributed by atoms with Gasteiger partial charge in [-0.2, -0.15) is 5.10 Å². The minimum absolute atomic E-state index is 0.220. The van der Waals surface area contributed by atoms with E-state index in [9.17, 15) is 14.4 Å². The van der Waals surface area contributed by atoms with Crippen molar-refractivity contribution in [2.45, 2.75) is 19.9 Å². The summed E-state index contributed by atoms with van der Waals surface area (Å²) in [5.41, 5.74) is 8.26. The van der Waals surface area contributed by atoms with Gasteiger partial charge in [0.1, 0.15) is 6.04 Å². The Morgan fingerprint density at radius 3 is 2.50 bits per heavy atom. The number of nitrogens with two attached hydrogens (primary N) is 1. The number of methoxy groups -OCH3 is 1. The molecule has 0 aliphatic carbocycles. The normalized spacial score (nSPS) is 11.8. The number of hydrogen-bond acceptors (Lipinski definition) is 6. The Balaban J connectivity index is 2.13. The van der Waals surface area contributed by atoms with E-state index in [2.05, 4.69) is 15.8 Å². The van der Waals surface area contributed by atoms with Gasteiger partial charge in [-0.25, -0.2) is 5.43 Å². The lowest BCUT2D eigenvalue weighted by molar-refractivity contribution is -0.124.